The third-order valence-electron chi connectivity index (χ3n) is 2.41. The van der Waals surface area contributed by atoms with Crippen LogP contribution in [0.15, 0.2) is 29.2 Å². The topological polar surface area (TPSA) is 69.7 Å². The van der Waals surface area contributed by atoms with Gasteiger partial charge in [-0.2, -0.15) is 8.42 Å². The van der Waals surface area contributed by atoms with E-state index in [0.29, 0.717) is 0 Å². The molecule has 1 rings (SSSR count). The number of terminal acetylenes is 1. The average Bonchev–Trinajstić information content (AvgIpc) is 2.35. The van der Waals surface area contributed by atoms with Gasteiger partial charge in [0, 0.05) is 0 Å². The summed E-state index contributed by atoms with van der Waals surface area (Å²) < 4.78 is 33.8. The van der Waals surface area contributed by atoms with Crippen molar-refractivity contribution < 1.29 is 22.1 Å². The van der Waals surface area contributed by atoms with E-state index in [-0.39, 0.29) is 11.5 Å². The van der Waals surface area contributed by atoms with Crippen molar-refractivity contribution in [3.63, 3.8) is 0 Å². The smallest absolute Gasteiger partial charge is 0.340 e. The number of carbonyl (C=O) groups is 1. The fourth-order valence-corrected chi connectivity index (χ4v) is 2.52. The first kappa shape index (κ1) is 16.2. The van der Waals surface area contributed by atoms with Gasteiger partial charge < -0.3 is 4.74 Å². The van der Waals surface area contributed by atoms with Gasteiger partial charge in [-0.3, -0.25) is 0 Å². The van der Waals surface area contributed by atoms with Gasteiger partial charge >= 0.3 is 5.97 Å². The second kappa shape index (κ2) is 6.07. The molecule has 0 spiro atoms. The van der Waals surface area contributed by atoms with E-state index in [0.717, 1.165) is 5.56 Å². The zero-order chi connectivity index (χ0) is 15.4. The Morgan fingerprint density at radius 3 is 2.35 bits per heavy atom. The second-order valence-corrected chi connectivity index (χ2v) is 6.19. The van der Waals surface area contributed by atoms with Crippen molar-refractivity contribution in [3.8, 4) is 12.3 Å². The maximum absolute atomic E-state index is 12.1. The number of benzene rings is 1. The molecule has 0 radical (unpaired) electrons. The van der Waals surface area contributed by atoms with Crippen LogP contribution in [-0.2, 0) is 23.8 Å². The molecule has 1 aromatic rings. The van der Waals surface area contributed by atoms with E-state index in [1.165, 1.54) is 26.0 Å². The van der Waals surface area contributed by atoms with Crippen molar-refractivity contribution in [2.45, 2.75) is 31.3 Å². The molecular weight excluding hydrogens is 280 g/mol. The van der Waals surface area contributed by atoms with Crippen LogP contribution in [0.25, 0.3) is 0 Å². The van der Waals surface area contributed by atoms with Gasteiger partial charge in [0.05, 0.1) is 4.90 Å². The van der Waals surface area contributed by atoms with E-state index in [4.69, 9.17) is 15.3 Å². The zero-order valence-corrected chi connectivity index (χ0v) is 12.4. The first-order valence-corrected chi connectivity index (χ1v) is 7.23. The summed E-state index contributed by atoms with van der Waals surface area (Å²) in [5.74, 6) is 1.28. The lowest BCUT2D eigenvalue weighted by molar-refractivity contribution is -0.157. The number of esters is 1. The average molecular weight is 296 g/mol. The molecule has 0 unspecified atom stereocenters. The molecule has 0 bridgehead atoms. The van der Waals surface area contributed by atoms with Crippen LogP contribution in [0.2, 0.25) is 0 Å². The number of hydrogen-bond donors (Lipinski definition) is 0. The van der Waals surface area contributed by atoms with Gasteiger partial charge in [0.15, 0.2) is 12.2 Å². The second-order valence-electron chi connectivity index (χ2n) is 4.64. The molecule has 0 aliphatic carbocycles. The number of ether oxygens (including phenoxy) is 1. The maximum Gasteiger partial charge on any atom is 0.340 e. The summed E-state index contributed by atoms with van der Waals surface area (Å²) in [6.45, 7) is 4.20. The molecule has 0 aromatic heterocycles. The summed E-state index contributed by atoms with van der Waals surface area (Å²) >= 11 is 0. The monoisotopic (exact) mass is 296 g/mol. The predicted molar refractivity (Wildman–Crippen MR) is 73.3 cm³/mol. The number of aryl methyl sites for hydroxylation is 1. The molecular formula is C14H16O5S. The van der Waals surface area contributed by atoms with Crippen LogP contribution in [0.3, 0.4) is 0 Å². The molecule has 0 aliphatic heterocycles. The zero-order valence-electron chi connectivity index (χ0n) is 11.5. The Labute approximate surface area is 119 Å². The standard InChI is InChI=1S/C14H16O5S/c1-5-10-18-13(15)14(3,4)19-20(16,17)12-8-6-11(2)7-9-12/h1,6-9H,10H2,2-4H3. The van der Waals surface area contributed by atoms with E-state index in [1.807, 2.05) is 6.92 Å². The molecule has 0 N–H and O–H groups in total. The highest BCUT2D eigenvalue weighted by Crippen LogP contribution is 2.21. The number of hydrogen-bond acceptors (Lipinski definition) is 5. The first-order chi connectivity index (χ1) is 9.19. The minimum Gasteiger partial charge on any atom is -0.450 e. The molecule has 0 atom stereocenters. The summed E-state index contributed by atoms with van der Waals surface area (Å²) in [6.07, 6.45) is 4.97. The molecule has 0 aliphatic rings. The lowest BCUT2D eigenvalue weighted by Gasteiger charge is -2.21. The fraction of sp³-hybridized carbons (Fsp3) is 0.357. The molecule has 0 saturated heterocycles. The predicted octanol–water partition coefficient (Wildman–Crippen LogP) is 1.66. The van der Waals surface area contributed by atoms with Gasteiger partial charge in [-0.05, 0) is 32.9 Å². The Morgan fingerprint density at radius 2 is 1.85 bits per heavy atom. The first-order valence-electron chi connectivity index (χ1n) is 5.82. The van der Waals surface area contributed by atoms with Crippen LogP contribution in [-0.4, -0.2) is 26.6 Å². The Hall–Kier alpha value is -1.84. The molecule has 0 amide bonds. The van der Waals surface area contributed by atoms with E-state index in [9.17, 15) is 13.2 Å². The molecule has 0 saturated carbocycles. The Balaban J connectivity index is 2.93. The van der Waals surface area contributed by atoms with Crippen molar-refractivity contribution in [3.05, 3.63) is 29.8 Å². The van der Waals surface area contributed by atoms with Crippen molar-refractivity contribution in [2.75, 3.05) is 6.61 Å². The number of rotatable bonds is 5. The van der Waals surface area contributed by atoms with Crippen LogP contribution in [0.5, 0.6) is 0 Å². The maximum atomic E-state index is 12.1. The summed E-state index contributed by atoms with van der Waals surface area (Å²) in [6, 6.07) is 6.10. The lowest BCUT2D eigenvalue weighted by atomic mass is 10.1. The molecule has 108 valence electrons. The van der Waals surface area contributed by atoms with Crippen LogP contribution in [0.4, 0.5) is 0 Å². The highest BCUT2D eigenvalue weighted by Gasteiger charge is 2.36. The molecule has 0 fully saturated rings. The summed E-state index contributed by atoms with van der Waals surface area (Å²) in [5.41, 5.74) is -0.739. The van der Waals surface area contributed by atoms with Crippen molar-refractivity contribution in [1.29, 1.82) is 0 Å². The molecule has 1 aromatic carbocycles. The van der Waals surface area contributed by atoms with Crippen molar-refractivity contribution in [1.82, 2.24) is 0 Å². The third kappa shape index (κ3) is 4.08. The highest BCUT2D eigenvalue weighted by atomic mass is 32.2. The Morgan fingerprint density at radius 1 is 1.30 bits per heavy atom. The molecule has 6 heteroatoms. The minimum atomic E-state index is -4.06. The van der Waals surface area contributed by atoms with E-state index < -0.39 is 21.7 Å². The third-order valence-corrected chi connectivity index (χ3v) is 3.89. The largest absolute Gasteiger partial charge is 0.450 e. The van der Waals surface area contributed by atoms with E-state index >= 15 is 0 Å². The van der Waals surface area contributed by atoms with Gasteiger partial charge in [0.1, 0.15) is 0 Å². The van der Waals surface area contributed by atoms with E-state index in [1.54, 1.807) is 12.1 Å². The molecule has 5 nitrogen and oxygen atoms in total. The number of carbonyl (C=O) groups excluding carboxylic acids is 1. The van der Waals surface area contributed by atoms with E-state index in [2.05, 4.69) is 5.92 Å². The summed E-state index contributed by atoms with van der Waals surface area (Å²) in [4.78, 5) is 11.7. The van der Waals surface area contributed by atoms with Crippen LogP contribution < -0.4 is 0 Å². The minimum absolute atomic E-state index is 0.0269. The van der Waals surface area contributed by atoms with Gasteiger partial charge in [0.25, 0.3) is 10.1 Å². The van der Waals surface area contributed by atoms with Gasteiger partial charge in [-0.1, -0.05) is 23.6 Å². The fourth-order valence-electron chi connectivity index (χ4n) is 1.34. The van der Waals surface area contributed by atoms with Crippen molar-refractivity contribution in [2.24, 2.45) is 0 Å². The van der Waals surface area contributed by atoms with Crippen molar-refractivity contribution >= 4 is 16.1 Å². The Bertz CT molecular complexity index is 621. The SMILES string of the molecule is C#CCOC(=O)C(C)(C)OS(=O)(=O)c1ccc(C)cc1. The molecule has 0 heterocycles. The van der Waals surface area contributed by atoms with Gasteiger partial charge in [-0.15, -0.1) is 6.42 Å². The summed E-state index contributed by atoms with van der Waals surface area (Å²) in [5, 5.41) is 0. The lowest BCUT2D eigenvalue weighted by Crippen LogP contribution is -2.38. The van der Waals surface area contributed by atoms with Crippen LogP contribution in [0, 0.1) is 19.3 Å². The van der Waals surface area contributed by atoms with Crippen LogP contribution in [0.1, 0.15) is 19.4 Å². The molecule has 20 heavy (non-hydrogen) atoms. The highest BCUT2D eigenvalue weighted by molar-refractivity contribution is 7.86. The quantitative estimate of drug-likeness (QED) is 0.469. The summed E-state index contributed by atoms with van der Waals surface area (Å²) in [7, 11) is -4.06. The van der Waals surface area contributed by atoms with Crippen LogP contribution >= 0.6 is 0 Å². The normalized spacial score (nSPS) is 11.7. The van der Waals surface area contributed by atoms with Gasteiger partial charge in [0.2, 0.25) is 0 Å². The van der Waals surface area contributed by atoms with Gasteiger partial charge in [-0.25, -0.2) is 8.98 Å². The Kier molecular flexibility index (Phi) is 4.93.